The maximum atomic E-state index is 12.4. The van der Waals surface area contributed by atoms with Gasteiger partial charge in [0, 0.05) is 21.1 Å². The average Bonchev–Trinajstić information content (AvgIpc) is 2.88. The Bertz CT molecular complexity index is 994. The third-order valence-corrected chi connectivity index (χ3v) is 3.82. The predicted molar refractivity (Wildman–Crippen MR) is 83.2 cm³/mol. The van der Waals surface area contributed by atoms with Crippen LogP contribution in [-0.4, -0.2) is 25.8 Å². The van der Waals surface area contributed by atoms with Gasteiger partial charge in [0.05, 0.1) is 12.7 Å². The van der Waals surface area contributed by atoms with Gasteiger partial charge in [-0.1, -0.05) is 12.1 Å². The zero-order valence-electron chi connectivity index (χ0n) is 12.8. The van der Waals surface area contributed by atoms with Crippen molar-refractivity contribution in [1.82, 2.24) is 18.7 Å². The Morgan fingerprint density at radius 1 is 1.00 bits per heavy atom. The fourth-order valence-corrected chi connectivity index (χ4v) is 2.59. The summed E-state index contributed by atoms with van der Waals surface area (Å²) >= 11 is 0. The Labute approximate surface area is 126 Å². The van der Waals surface area contributed by atoms with Crippen molar-refractivity contribution < 1.29 is 4.74 Å². The highest BCUT2D eigenvalue weighted by atomic mass is 16.5. The summed E-state index contributed by atoms with van der Waals surface area (Å²) in [5.41, 5.74) is 0.733. The van der Waals surface area contributed by atoms with Crippen LogP contribution in [0.4, 0.5) is 0 Å². The number of rotatable bonds is 2. The molecule has 0 aliphatic heterocycles. The molecule has 0 fully saturated rings. The highest BCUT2D eigenvalue weighted by molar-refractivity contribution is 5.78. The Hall–Kier alpha value is -2.83. The van der Waals surface area contributed by atoms with E-state index in [4.69, 9.17) is 4.74 Å². The van der Waals surface area contributed by atoms with Crippen LogP contribution in [0.5, 0.6) is 5.75 Å². The molecule has 0 saturated heterocycles. The number of para-hydroxylation sites is 1. The molecular weight excluding hydrogens is 284 g/mol. The molecule has 3 rings (SSSR count). The summed E-state index contributed by atoms with van der Waals surface area (Å²) in [7, 11) is 6.39. The monoisotopic (exact) mass is 300 g/mol. The number of methoxy groups -OCH3 is 1. The quantitative estimate of drug-likeness (QED) is 0.696. The Morgan fingerprint density at radius 3 is 2.36 bits per heavy atom. The van der Waals surface area contributed by atoms with Crippen molar-refractivity contribution in [3.8, 4) is 17.1 Å². The molecule has 2 aromatic heterocycles. The highest BCUT2D eigenvalue weighted by Gasteiger charge is 2.19. The lowest BCUT2D eigenvalue weighted by atomic mass is 10.2. The largest absolute Gasteiger partial charge is 0.496 e. The van der Waals surface area contributed by atoms with Crippen molar-refractivity contribution in [1.29, 1.82) is 0 Å². The second kappa shape index (κ2) is 4.87. The van der Waals surface area contributed by atoms with Gasteiger partial charge in [0.25, 0.3) is 5.56 Å². The first-order valence-electron chi connectivity index (χ1n) is 6.73. The van der Waals surface area contributed by atoms with Gasteiger partial charge < -0.3 is 9.30 Å². The summed E-state index contributed by atoms with van der Waals surface area (Å²) in [5, 5.41) is 0. The Kier molecular flexibility index (Phi) is 3.13. The van der Waals surface area contributed by atoms with Crippen molar-refractivity contribution in [2.75, 3.05) is 7.11 Å². The number of fused-ring (bicyclic) bond motifs is 1. The normalized spacial score (nSPS) is 11.1. The number of hydrogen-bond donors (Lipinski definition) is 0. The van der Waals surface area contributed by atoms with E-state index >= 15 is 0 Å². The lowest BCUT2D eigenvalue weighted by Gasteiger charge is -2.07. The lowest BCUT2D eigenvalue weighted by Crippen LogP contribution is -2.37. The van der Waals surface area contributed by atoms with Crippen molar-refractivity contribution in [2.45, 2.75) is 0 Å². The molecule has 7 heteroatoms. The first-order valence-corrected chi connectivity index (χ1v) is 6.73. The van der Waals surface area contributed by atoms with E-state index in [1.165, 1.54) is 11.6 Å². The maximum Gasteiger partial charge on any atom is 0.332 e. The van der Waals surface area contributed by atoms with Gasteiger partial charge in [-0.05, 0) is 12.1 Å². The first kappa shape index (κ1) is 14.1. The minimum Gasteiger partial charge on any atom is -0.496 e. The number of imidazole rings is 1. The molecule has 2 heterocycles. The second-order valence-corrected chi connectivity index (χ2v) is 5.07. The molecule has 114 valence electrons. The number of hydrogen-bond acceptors (Lipinski definition) is 4. The molecule has 0 aliphatic rings. The van der Waals surface area contributed by atoms with Crippen molar-refractivity contribution in [3.05, 3.63) is 45.1 Å². The fourth-order valence-electron chi connectivity index (χ4n) is 2.59. The van der Waals surface area contributed by atoms with Gasteiger partial charge in [0.15, 0.2) is 11.2 Å². The van der Waals surface area contributed by atoms with E-state index in [2.05, 4.69) is 4.98 Å². The first-order chi connectivity index (χ1) is 10.5. The molecule has 0 spiro atoms. The van der Waals surface area contributed by atoms with E-state index in [1.54, 1.807) is 25.8 Å². The van der Waals surface area contributed by atoms with Crippen LogP contribution < -0.4 is 16.0 Å². The summed E-state index contributed by atoms with van der Waals surface area (Å²) in [6, 6.07) is 7.42. The fraction of sp³-hybridized carbons (Fsp3) is 0.267. The van der Waals surface area contributed by atoms with E-state index in [9.17, 15) is 9.59 Å². The molecule has 0 saturated carbocycles. The molecule has 22 heavy (non-hydrogen) atoms. The van der Waals surface area contributed by atoms with Gasteiger partial charge >= 0.3 is 5.69 Å². The molecule has 1 aromatic carbocycles. The van der Waals surface area contributed by atoms with Crippen LogP contribution in [0.15, 0.2) is 33.9 Å². The molecule has 0 atom stereocenters. The lowest BCUT2D eigenvalue weighted by molar-refractivity contribution is 0.416. The van der Waals surface area contributed by atoms with E-state index in [0.29, 0.717) is 22.7 Å². The van der Waals surface area contributed by atoms with E-state index in [0.717, 1.165) is 10.1 Å². The van der Waals surface area contributed by atoms with Gasteiger partial charge in [-0.3, -0.25) is 13.9 Å². The minimum absolute atomic E-state index is 0.358. The summed E-state index contributed by atoms with van der Waals surface area (Å²) in [4.78, 5) is 28.9. The standard InChI is InChI=1S/C15H16N4O3/c1-17-11-13(18(2)15(21)19(3)14(11)20)16-12(17)9-7-5-6-8-10(9)22-4/h5-8H,1-4H3. The van der Waals surface area contributed by atoms with Gasteiger partial charge in [0.2, 0.25) is 0 Å². The summed E-state index contributed by atoms with van der Waals surface area (Å²) in [5.74, 6) is 1.23. The second-order valence-electron chi connectivity index (χ2n) is 5.07. The van der Waals surface area contributed by atoms with Gasteiger partial charge in [-0.2, -0.15) is 0 Å². The van der Waals surface area contributed by atoms with Crippen LogP contribution in [-0.2, 0) is 21.1 Å². The van der Waals surface area contributed by atoms with Crippen LogP contribution in [0, 0.1) is 0 Å². The van der Waals surface area contributed by atoms with Crippen molar-refractivity contribution in [3.63, 3.8) is 0 Å². The molecule has 0 amide bonds. The van der Waals surface area contributed by atoms with Gasteiger partial charge in [-0.25, -0.2) is 9.78 Å². The molecule has 0 N–H and O–H groups in total. The van der Waals surface area contributed by atoms with Crippen LogP contribution >= 0.6 is 0 Å². The third-order valence-electron chi connectivity index (χ3n) is 3.82. The summed E-state index contributed by atoms with van der Waals surface area (Å²) in [6.07, 6.45) is 0. The SMILES string of the molecule is COc1ccccc1-c1nc2c(c(=O)n(C)c(=O)n2C)n1C. The van der Waals surface area contributed by atoms with Gasteiger partial charge in [0.1, 0.15) is 11.6 Å². The number of aromatic nitrogens is 4. The summed E-state index contributed by atoms with van der Waals surface area (Å²) < 4.78 is 9.49. The van der Waals surface area contributed by atoms with Gasteiger partial charge in [-0.15, -0.1) is 0 Å². The molecule has 3 aromatic rings. The third kappa shape index (κ3) is 1.78. The number of aryl methyl sites for hydroxylation is 2. The minimum atomic E-state index is -0.401. The molecule has 0 aliphatic carbocycles. The topological polar surface area (TPSA) is 71.1 Å². The zero-order valence-corrected chi connectivity index (χ0v) is 12.8. The maximum absolute atomic E-state index is 12.4. The molecular formula is C15H16N4O3. The van der Waals surface area contributed by atoms with Crippen molar-refractivity contribution >= 4 is 11.2 Å². The number of benzene rings is 1. The van der Waals surface area contributed by atoms with Crippen LogP contribution in [0.1, 0.15) is 0 Å². The van der Waals surface area contributed by atoms with Crippen LogP contribution in [0.25, 0.3) is 22.6 Å². The van der Waals surface area contributed by atoms with Crippen LogP contribution in [0.2, 0.25) is 0 Å². The number of nitrogens with zero attached hydrogens (tertiary/aromatic N) is 4. The van der Waals surface area contributed by atoms with Crippen molar-refractivity contribution in [2.24, 2.45) is 21.1 Å². The zero-order chi connectivity index (χ0) is 16.0. The molecule has 0 bridgehead atoms. The Balaban J connectivity index is 2.46. The van der Waals surface area contributed by atoms with E-state index < -0.39 is 5.69 Å². The molecule has 7 nitrogen and oxygen atoms in total. The Morgan fingerprint density at radius 2 is 1.68 bits per heavy atom. The molecule has 0 radical (unpaired) electrons. The highest BCUT2D eigenvalue weighted by Crippen LogP contribution is 2.29. The average molecular weight is 300 g/mol. The predicted octanol–water partition coefficient (Wildman–Crippen LogP) is 0.646. The van der Waals surface area contributed by atoms with Crippen LogP contribution in [0.3, 0.4) is 0 Å². The van der Waals surface area contributed by atoms with E-state index in [-0.39, 0.29) is 5.56 Å². The smallest absolute Gasteiger partial charge is 0.332 e. The number of ether oxygens (including phenoxy) is 1. The van der Waals surface area contributed by atoms with E-state index in [1.807, 2.05) is 24.3 Å². The molecule has 0 unspecified atom stereocenters. The summed E-state index contributed by atoms with van der Waals surface area (Å²) in [6.45, 7) is 0.